The van der Waals surface area contributed by atoms with Crippen molar-refractivity contribution >= 4 is 11.8 Å². The molecular formula is C17H26N2O4. The first-order chi connectivity index (χ1) is 11.0. The van der Waals surface area contributed by atoms with Crippen molar-refractivity contribution in [1.82, 2.24) is 10.9 Å². The van der Waals surface area contributed by atoms with E-state index in [4.69, 9.17) is 9.47 Å². The first kappa shape index (κ1) is 19.0. The van der Waals surface area contributed by atoms with Crippen molar-refractivity contribution in [2.24, 2.45) is 5.92 Å². The predicted octanol–water partition coefficient (Wildman–Crippen LogP) is 2.30. The second-order valence-corrected chi connectivity index (χ2v) is 5.50. The SMILES string of the molecule is CCOCCC(=O)NNC(=O)c1ccc(OCCC(C)C)cc1. The Labute approximate surface area is 137 Å². The number of hydrogen-bond donors (Lipinski definition) is 2. The number of benzene rings is 1. The van der Waals surface area contributed by atoms with Gasteiger partial charge >= 0.3 is 0 Å². The van der Waals surface area contributed by atoms with Crippen LogP contribution in [0.15, 0.2) is 24.3 Å². The highest BCUT2D eigenvalue weighted by Gasteiger charge is 2.07. The molecule has 0 saturated carbocycles. The Morgan fingerprint density at radius 2 is 1.78 bits per heavy atom. The van der Waals surface area contributed by atoms with Crippen LogP contribution in [0.2, 0.25) is 0 Å². The lowest BCUT2D eigenvalue weighted by atomic mass is 10.1. The zero-order chi connectivity index (χ0) is 17.1. The van der Waals surface area contributed by atoms with E-state index in [1.807, 2.05) is 6.92 Å². The van der Waals surface area contributed by atoms with Gasteiger partial charge in [-0.3, -0.25) is 20.4 Å². The highest BCUT2D eigenvalue weighted by atomic mass is 16.5. The minimum Gasteiger partial charge on any atom is -0.494 e. The monoisotopic (exact) mass is 322 g/mol. The molecule has 2 N–H and O–H groups in total. The number of carbonyl (C=O) groups is 2. The van der Waals surface area contributed by atoms with E-state index in [2.05, 4.69) is 24.7 Å². The molecule has 0 aliphatic rings. The second kappa shape index (κ2) is 10.6. The molecule has 2 amide bonds. The van der Waals surface area contributed by atoms with Gasteiger partial charge in [0.2, 0.25) is 5.91 Å². The fourth-order valence-corrected chi connectivity index (χ4v) is 1.69. The van der Waals surface area contributed by atoms with E-state index in [1.165, 1.54) is 0 Å². The van der Waals surface area contributed by atoms with Crippen LogP contribution >= 0.6 is 0 Å². The number of hydrogen-bond acceptors (Lipinski definition) is 4. The summed E-state index contributed by atoms with van der Waals surface area (Å²) in [6, 6.07) is 6.80. The maximum atomic E-state index is 11.9. The first-order valence-electron chi connectivity index (χ1n) is 7.92. The highest BCUT2D eigenvalue weighted by Crippen LogP contribution is 2.13. The molecular weight excluding hydrogens is 296 g/mol. The summed E-state index contributed by atoms with van der Waals surface area (Å²) in [5.74, 6) is 0.651. The van der Waals surface area contributed by atoms with Gasteiger partial charge in [-0.1, -0.05) is 13.8 Å². The van der Waals surface area contributed by atoms with E-state index >= 15 is 0 Å². The molecule has 1 aromatic carbocycles. The van der Waals surface area contributed by atoms with E-state index < -0.39 is 0 Å². The molecule has 6 nitrogen and oxygen atoms in total. The molecule has 0 atom stereocenters. The largest absolute Gasteiger partial charge is 0.494 e. The topological polar surface area (TPSA) is 76.7 Å². The van der Waals surface area contributed by atoms with Crippen molar-refractivity contribution in [3.05, 3.63) is 29.8 Å². The number of ether oxygens (including phenoxy) is 2. The average molecular weight is 322 g/mol. The van der Waals surface area contributed by atoms with E-state index in [-0.39, 0.29) is 18.2 Å². The molecule has 0 heterocycles. The van der Waals surface area contributed by atoms with Crippen molar-refractivity contribution in [1.29, 1.82) is 0 Å². The molecule has 0 fully saturated rings. The quantitative estimate of drug-likeness (QED) is 0.540. The van der Waals surface area contributed by atoms with Crippen molar-refractivity contribution < 1.29 is 19.1 Å². The van der Waals surface area contributed by atoms with Gasteiger partial charge in [-0.05, 0) is 43.5 Å². The number of amides is 2. The van der Waals surface area contributed by atoms with Gasteiger partial charge in [-0.2, -0.15) is 0 Å². The third-order valence-corrected chi connectivity index (χ3v) is 3.07. The van der Waals surface area contributed by atoms with Gasteiger partial charge in [-0.15, -0.1) is 0 Å². The standard InChI is InChI=1S/C17H26N2O4/c1-4-22-11-10-16(20)18-19-17(21)14-5-7-15(8-6-14)23-12-9-13(2)3/h5-8,13H,4,9-12H2,1-3H3,(H,18,20)(H,19,21). The first-order valence-corrected chi connectivity index (χ1v) is 7.92. The lowest BCUT2D eigenvalue weighted by molar-refractivity contribution is -0.122. The molecule has 0 bridgehead atoms. The summed E-state index contributed by atoms with van der Waals surface area (Å²) in [6.07, 6.45) is 1.19. The zero-order valence-electron chi connectivity index (χ0n) is 14.1. The number of rotatable bonds is 9. The Morgan fingerprint density at radius 1 is 1.09 bits per heavy atom. The molecule has 0 aromatic heterocycles. The summed E-state index contributed by atoms with van der Waals surface area (Å²) < 4.78 is 10.7. The summed E-state index contributed by atoms with van der Waals surface area (Å²) in [5, 5.41) is 0. The smallest absolute Gasteiger partial charge is 0.269 e. The van der Waals surface area contributed by atoms with Crippen LogP contribution in [0.5, 0.6) is 5.75 Å². The Hall–Kier alpha value is -2.08. The fraction of sp³-hybridized carbons (Fsp3) is 0.529. The van der Waals surface area contributed by atoms with Crippen LogP contribution in [0.1, 0.15) is 44.0 Å². The van der Waals surface area contributed by atoms with Gasteiger partial charge in [0, 0.05) is 12.2 Å². The maximum absolute atomic E-state index is 11.9. The van der Waals surface area contributed by atoms with Gasteiger partial charge in [0.25, 0.3) is 5.91 Å². The van der Waals surface area contributed by atoms with Crippen LogP contribution in [-0.4, -0.2) is 31.6 Å². The Morgan fingerprint density at radius 3 is 2.39 bits per heavy atom. The molecule has 1 rings (SSSR count). The normalized spacial score (nSPS) is 10.4. The number of hydrazine groups is 1. The third kappa shape index (κ3) is 8.21. The summed E-state index contributed by atoms with van der Waals surface area (Å²) in [7, 11) is 0. The van der Waals surface area contributed by atoms with Crippen LogP contribution in [0.4, 0.5) is 0 Å². The van der Waals surface area contributed by atoms with E-state index in [1.54, 1.807) is 24.3 Å². The zero-order valence-corrected chi connectivity index (χ0v) is 14.1. The van der Waals surface area contributed by atoms with Crippen LogP contribution < -0.4 is 15.6 Å². The molecule has 1 aromatic rings. The summed E-state index contributed by atoms with van der Waals surface area (Å²) >= 11 is 0. The van der Waals surface area contributed by atoms with Crippen LogP contribution in [0.25, 0.3) is 0 Å². The van der Waals surface area contributed by atoms with Crippen molar-refractivity contribution in [3.63, 3.8) is 0 Å². The van der Waals surface area contributed by atoms with Crippen LogP contribution in [0, 0.1) is 5.92 Å². The second-order valence-electron chi connectivity index (χ2n) is 5.50. The number of nitrogens with one attached hydrogen (secondary N) is 2. The van der Waals surface area contributed by atoms with Gasteiger partial charge in [0.1, 0.15) is 5.75 Å². The van der Waals surface area contributed by atoms with Crippen molar-refractivity contribution in [3.8, 4) is 5.75 Å². The predicted molar refractivity (Wildman–Crippen MR) is 88.1 cm³/mol. The van der Waals surface area contributed by atoms with E-state index in [9.17, 15) is 9.59 Å². The molecule has 0 radical (unpaired) electrons. The minimum atomic E-state index is -0.372. The van der Waals surface area contributed by atoms with E-state index in [0.29, 0.717) is 31.3 Å². The molecule has 0 unspecified atom stereocenters. The molecule has 23 heavy (non-hydrogen) atoms. The Bertz CT molecular complexity index is 486. The van der Waals surface area contributed by atoms with Crippen LogP contribution in [0.3, 0.4) is 0 Å². The van der Waals surface area contributed by atoms with Crippen molar-refractivity contribution in [2.75, 3.05) is 19.8 Å². The summed E-state index contributed by atoms with van der Waals surface area (Å²) in [4.78, 5) is 23.4. The lowest BCUT2D eigenvalue weighted by Crippen LogP contribution is -2.41. The van der Waals surface area contributed by atoms with Crippen LogP contribution in [-0.2, 0) is 9.53 Å². The van der Waals surface area contributed by atoms with Gasteiger partial charge < -0.3 is 9.47 Å². The average Bonchev–Trinajstić information content (AvgIpc) is 2.53. The maximum Gasteiger partial charge on any atom is 0.269 e. The molecule has 6 heteroatoms. The third-order valence-electron chi connectivity index (χ3n) is 3.07. The summed E-state index contributed by atoms with van der Waals surface area (Å²) in [6.45, 7) is 7.68. The lowest BCUT2D eigenvalue weighted by Gasteiger charge is -2.10. The molecule has 0 saturated heterocycles. The Kier molecular flexibility index (Phi) is 8.75. The van der Waals surface area contributed by atoms with Gasteiger partial charge in [0.05, 0.1) is 19.6 Å². The molecule has 0 aliphatic carbocycles. The minimum absolute atomic E-state index is 0.205. The highest BCUT2D eigenvalue weighted by molar-refractivity contribution is 5.95. The molecule has 0 spiro atoms. The number of carbonyl (C=O) groups excluding carboxylic acids is 2. The molecule has 128 valence electrons. The fourth-order valence-electron chi connectivity index (χ4n) is 1.69. The Balaban J connectivity index is 2.34. The molecule has 0 aliphatic heterocycles. The van der Waals surface area contributed by atoms with Crippen molar-refractivity contribution in [2.45, 2.75) is 33.6 Å². The van der Waals surface area contributed by atoms with Gasteiger partial charge in [-0.25, -0.2) is 0 Å². The summed E-state index contributed by atoms with van der Waals surface area (Å²) in [5.41, 5.74) is 5.17. The van der Waals surface area contributed by atoms with Gasteiger partial charge in [0.15, 0.2) is 0 Å². The van der Waals surface area contributed by atoms with E-state index in [0.717, 1.165) is 12.2 Å².